The molecule has 3 amide bonds. The molecular weight excluding hydrogens is 477 g/mol. The van der Waals surface area contributed by atoms with Crippen molar-refractivity contribution < 1.29 is 27.5 Å². The van der Waals surface area contributed by atoms with Gasteiger partial charge in [0, 0.05) is 37.0 Å². The lowest BCUT2D eigenvalue weighted by atomic mass is 9.90. The molecule has 12 heteroatoms. The smallest absolute Gasteiger partial charge is 0.416 e. The molecule has 2 N–H and O–H groups in total. The molecule has 1 aliphatic carbocycles. The fourth-order valence-corrected chi connectivity index (χ4v) is 4.49. The SMILES string of the molecule is C=CC(=O)NC1CCCCC1Nc1ncc2c(n1)N(C)C(=O)N(c1cc(OC)cc(C(F)(F)F)c1)C2. The highest BCUT2D eigenvalue weighted by molar-refractivity contribution is 6.05. The fourth-order valence-electron chi connectivity index (χ4n) is 4.49. The van der Waals surface area contributed by atoms with Crippen LogP contribution in [0, 0.1) is 0 Å². The van der Waals surface area contributed by atoms with Gasteiger partial charge in [-0.25, -0.2) is 9.78 Å². The van der Waals surface area contributed by atoms with E-state index in [2.05, 4.69) is 27.2 Å². The number of amides is 3. The maximum atomic E-state index is 13.4. The van der Waals surface area contributed by atoms with E-state index in [9.17, 15) is 22.8 Å². The molecule has 1 fully saturated rings. The molecule has 2 unspecified atom stereocenters. The number of ether oxygens (including phenoxy) is 1. The van der Waals surface area contributed by atoms with Crippen molar-refractivity contribution >= 4 is 29.4 Å². The minimum atomic E-state index is -4.60. The van der Waals surface area contributed by atoms with Gasteiger partial charge in [0.2, 0.25) is 11.9 Å². The number of hydrogen-bond donors (Lipinski definition) is 2. The number of halogens is 3. The van der Waals surface area contributed by atoms with Gasteiger partial charge in [0.15, 0.2) is 0 Å². The van der Waals surface area contributed by atoms with Gasteiger partial charge in [-0.05, 0) is 31.1 Å². The summed E-state index contributed by atoms with van der Waals surface area (Å²) < 4.78 is 45.2. The molecule has 192 valence electrons. The molecule has 0 saturated heterocycles. The highest BCUT2D eigenvalue weighted by Crippen LogP contribution is 2.37. The fraction of sp³-hybridized carbons (Fsp3) is 0.417. The van der Waals surface area contributed by atoms with Gasteiger partial charge in [0.05, 0.1) is 24.9 Å². The second-order valence-corrected chi connectivity index (χ2v) is 8.74. The van der Waals surface area contributed by atoms with Crippen LogP contribution in [0.5, 0.6) is 5.75 Å². The largest absolute Gasteiger partial charge is 0.497 e. The van der Waals surface area contributed by atoms with E-state index in [1.54, 1.807) is 6.20 Å². The lowest BCUT2D eigenvalue weighted by Gasteiger charge is -2.35. The number of alkyl halides is 3. The average molecular weight is 505 g/mol. The molecule has 36 heavy (non-hydrogen) atoms. The number of rotatable bonds is 6. The number of urea groups is 1. The second-order valence-electron chi connectivity index (χ2n) is 8.74. The maximum absolute atomic E-state index is 13.4. The molecule has 1 aliphatic heterocycles. The number of carbonyl (C=O) groups is 2. The number of aromatic nitrogens is 2. The van der Waals surface area contributed by atoms with E-state index in [4.69, 9.17) is 4.74 Å². The van der Waals surface area contributed by atoms with Crippen LogP contribution in [0.15, 0.2) is 37.1 Å². The zero-order chi connectivity index (χ0) is 26.0. The lowest BCUT2D eigenvalue weighted by Crippen LogP contribution is -2.48. The van der Waals surface area contributed by atoms with Crippen molar-refractivity contribution in [3.8, 4) is 5.75 Å². The molecule has 1 saturated carbocycles. The summed E-state index contributed by atoms with van der Waals surface area (Å²) in [6.45, 7) is 3.48. The van der Waals surface area contributed by atoms with Gasteiger partial charge in [0.1, 0.15) is 11.6 Å². The maximum Gasteiger partial charge on any atom is 0.416 e. The van der Waals surface area contributed by atoms with Crippen LogP contribution in [0.2, 0.25) is 0 Å². The van der Waals surface area contributed by atoms with E-state index < -0.39 is 17.8 Å². The highest BCUT2D eigenvalue weighted by Gasteiger charge is 2.35. The summed E-state index contributed by atoms with van der Waals surface area (Å²) in [5, 5.41) is 6.19. The Kier molecular flexibility index (Phi) is 7.04. The van der Waals surface area contributed by atoms with Gasteiger partial charge in [-0.2, -0.15) is 18.2 Å². The molecule has 0 bridgehead atoms. The van der Waals surface area contributed by atoms with E-state index >= 15 is 0 Å². The summed E-state index contributed by atoms with van der Waals surface area (Å²) in [5.74, 6) is 0.390. The number of carbonyl (C=O) groups excluding carboxylic acids is 2. The Morgan fingerprint density at radius 3 is 2.61 bits per heavy atom. The number of anilines is 3. The standard InChI is InChI=1S/C24H27F3N6O3/c1-4-20(34)29-18-7-5-6-8-19(18)30-22-28-12-14-13-33(23(35)32(2)21(14)31-22)16-9-15(24(25,26)27)10-17(11-16)36-3/h4,9-12,18-19H,1,5-8,13H2,2-3H3,(H,29,34)(H,28,30,31). The summed E-state index contributed by atoms with van der Waals surface area (Å²) in [7, 11) is 2.77. The molecular formula is C24H27F3N6O3. The van der Waals surface area contributed by atoms with Gasteiger partial charge in [-0.15, -0.1) is 0 Å². The van der Waals surface area contributed by atoms with Crippen LogP contribution in [0.25, 0.3) is 0 Å². The van der Waals surface area contributed by atoms with Crippen molar-refractivity contribution in [2.45, 2.75) is 50.5 Å². The number of hydrogen-bond acceptors (Lipinski definition) is 6. The zero-order valence-corrected chi connectivity index (χ0v) is 19.9. The first-order valence-corrected chi connectivity index (χ1v) is 11.5. The Balaban J connectivity index is 1.58. The van der Waals surface area contributed by atoms with Gasteiger partial charge in [0.25, 0.3) is 0 Å². The Hall–Kier alpha value is -3.83. The van der Waals surface area contributed by atoms with Crippen LogP contribution in [-0.2, 0) is 17.5 Å². The van der Waals surface area contributed by atoms with E-state index in [0.717, 1.165) is 37.8 Å². The summed E-state index contributed by atoms with van der Waals surface area (Å²) in [5.41, 5.74) is -0.298. The van der Waals surface area contributed by atoms with Crippen molar-refractivity contribution in [3.05, 3.63) is 48.2 Å². The van der Waals surface area contributed by atoms with Crippen LogP contribution >= 0.6 is 0 Å². The van der Waals surface area contributed by atoms with Crippen molar-refractivity contribution in [1.82, 2.24) is 15.3 Å². The molecule has 0 radical (unpaired) electrons. The molecule has 2 heterocycles. The molecule has 0 spiro atoms. The number of nitrogens with one attached hydrogen (secondary N) is 2. The Bertz CT molecular complexity index is 1170. The first-order valence-electron chi connectivity index (χ1n) is 11.5. The van der Waals surface area contributed by atoms with Gasteiger partial charge in [-0.3, -0.25) is 14.6 Å². The third-order valence-electron chi connectivity index (χ3n) is 6.37. The number of fused-ring (bicyclic) bond motifs is 1. The van der Waals surface area contributed by atoms with Crippen LogP contribution in [-0.4, -0.2) is 48.1 Å². The lowest BCUT2D eigenvalue weighted by molar-refractivity contribution is -0.137. The Morgan fingerprint density at radius 2 is 1.94 bits per heavy atom. The van der Waals surface area contributed by atoms with Crippen LogP contribution in [0.4, 0.5) is 35.4 Å². The minimum Gasteiger partial charge on any atom is -0.497 e. The third kappa shape index (κ3) is 5.21. The van der Waals surface area contributed by atoms with Gasteiger partial charge < -0.3 is 15.4 Å². The molecule has 1 aromatic heterocycles. The summed E-state index contributed by atoms with van der Waals surface area (Å²) in [4.78, 5) is 36.3. The monoisotopic (exact) mass is 504 g/mol. The topological polar surface area (TPSA) is 99.7 Å². The first-order chi connectivity index (χ1) is 17.1. The van der Waals surface area contributed by atoms with Crippen molar-refractivity contribution in [3.63, 3.8) is 0 Å². The molecule has 2 atom stereocenters. The molecule has 2 aromatic rings. The third-order valence-corrected chi connectivity index (χ3v) is 6.37. The van der Waals surface area contributed by atoms with Gasteiger partial charge in [-0.1, -0.05) is 19.4 Å². The van der Waals surface area contributed by atoms with Crippen molar-refractivity contribution in [2.75, 3.05) is 29.3 Å². The van der Waals surface area contributed by atoms with Crippen LogP contribution < -0.4 is 25.2 Å². The summed E-state index contributed by atoms with van der Waals surface area (Å²) in [6.07, 6.45) is 1.75. The Labute approximate surface area is 206 Å². The second kappa shape index (κ2) is 10.0. The van der Waals surface area contributed by atoms with Gasteiger partial charge >= 0.3 is 12.2 Å². The first kappa shape index (κ1) is 25.3. The summed E-state index contributed by atoms with van der Waals surface area (Å²) >= 11 is 0. The number of methoxy groups -OCH3 is 1. The van der Waals surface area contributed by atoms with Crippen molar-refractivity contribution in [1.29, 1.82) is 0 Å². The van der Waals surface area contributed by atoms with E-state index in [1.165, 1.54) is 36.1 Å². The molecule has 2 aliphatic rings. The van der Waals surface area contributed by atoms with E-state index in [0.29, 0.717) is 17.3 Å². The average Bonchev–Trinajstić information content (AvgIpc) is 2.86. The van der Waals surface area contributed by atoms with Crippen molar-refractivity contribution in [2.24, 2.45) is 0 Å². The predicted molar refractivity (Wildman–Crippen MR) is 128 cm³/mol. The van der Waals surface area contributed by atoms with Crippen LogP contribution in [0.3, 0.4) is 0 Å². The minimum absolute atomic E-state index is 0.00923. The van der Waals surface area contributed by atoms with Crippen LogP contribution in [0.1, 0.15) is 36.8 Å². The predicted octanol–water partition coefficient (Wildman–Crippen LogP) is 4.11. The zero-order valence-electron chi connectivity index (χ0n) is 19.9. The molecule has 1 aromatic carbocycles. The molecule has 4 rings (SSSR count). The van der Waals surface area contributed by atoms with E-state index in [-0.39, 0.29) is 36.0 Å². The summed E-state index contributed by atoms with van der Waals surface area (Å²) in [6, 6.07) is 2.42. The number of nitrogens with zero attached hydrogens (tertiary/aromatic N) is 4. The highest BCUT2D eigenvalue weighted by atomic mass is 19.4. The molecule has 9 nitrogen and oxygen atoms in total. The quantitative estimate of drug-likeness (QED) is 0.575. The van der Waals surface area contributed by atoms with E-state index in [1.807, 2.05) is 0 Å². The Morgan fingerprint density at radius 1 is 1.22 bits per heavy atom. The normalized spacial score (nSPS) is 20.0. The number of benzene rings is 1.